The molecule has 8 nitrogen and oxygen atoms in total. The highest BCUT2D eigenvalue weighted by Crippen LogP contribution is 2.37. The normalized spacial score (nSPS) is 17.8. The largest absolute Gasteiger partial charge is 0.367 e. The summed E-state index contributed by atoms with van der Waals surface area (Å²) in [7, 11) is 0. The van der Waals surface area contributed by atoms with Crippen LogP contribution in [-0.4, -0.2) is 34.1 Å². The van der Waals surface area contributed by atoms with Crippen LogP contribution >= 0.6 is 0 Å². The maximum Gasteiger partial charge on any atom is 0.253 e. The maximum absolute atomic E-state index is 12.0. The quantitative estimate of drug-likeness (QED) is 0.260. The Hall–Kier alpha value is -4.20. The molecule has 51 heavy (non-hydrogen) atoms. The average molecular weight is 703 g/mol. The van der Waals surface area contributed by atoms with Crippen LogP contribution < -0.4 is 10.7 Å². The van der Waals surface area contributed by atoms with Crippen LogP contribution in [0.4, 0.5) is 0 Å². The van der Waals surface area contributed by atoms with Crippen molar-refractivity contribution < 1.29 is 24.0 Å². The molecule has 0 bridgehead atoms. The minimum Gasteiger partial charge on any atom is -0.367 e. The smallest absolute Gasteiger partial charge is 0.253 e. The Morgan fingerprint density at radius 1 is 0.647 bits per heavy atom. The standard InChI is InChI=1S/C14H18O2.C10H14O.C9H13NO2.C9H13NO.CH4/c1-14(2,3)11-8-10-9(7-13(11)16)5-4-6-12(10)15;1-10(2,3)8-6-4-5-7-9(8)11;1-9(2,3)6-4-5-7(11)10-8(6)12;1-9(2,3)7-6-10-5-4-8(7)11;/h8H,4-7H2,1-3H3;4-6H,7H2,1-3H3;4H,5H2,1-3H3,(H,10,11,12);4-6H,1-3H3,(H,10,11);1H4. The molecule has 2 amide bonds. The van der Waals surface area contributed by atoms with Gasteiger partial charge in [-0.05, 0) is 40.6 Å². The summed E-state index contributed by atoms with van der Waals surface area (Å²) in [5, 5.41) is 2.29. The molecule has 3 aliphatic carbocycles. The number of imide groups is 1. The van der Waals surface area contributed by atoms with E-state index in [4.69, 9.17) is 0 Å². The molecule has 0 radical (unpaired) electrons. The molecule has 1 aromatic rings. The molecule has 0 unspecified atom stereocenters. The Morgan fingerprint density at radius 3 is 1.69 bits per heavy atom. The minimum atomic E-state index is -0.251. The summed E-state index contributed by atoms with van der Waals surface area (Å²) < 4.78 is 0. The third kappa shape index (κ3) is 13.5. The predicted molar refractivity (Wildman–Crippen MR) is 207 cm³/mol. The number of amides is 2. The zero-order valence-corrected chi connectivity index (χ0v) is 32.3. The van der Waals surface area contributed by atoms with Crippen LogP contribution in [0.2, 0.25) is 0 Å². The minimum absolute atomic E-state index is 0. The van der Waals surface area contributed by atoms with E-state index in [1.165, 1.54) is 0 Å². The van der Waals surface area contributed by atoms with Gasteiger partial charge in [-0.2, -0.15) is 0 Å². The van der Waals surface area contributed by atoms with Crippen molar-refractivity contribution in [1.82, 2.24) is 10.3 Å². The van der Waals surface area contributed by atoms with Crippen LogP contribution in [0.5, 0.6) is 0 Å². The van der Waals surface area contributed by atoms with Gasteiger partial charge in [-0.25, -0.2) is 0 Å². The lowest BCUT2D eigenvalue weighted by atomic mass is 9.74. The third-order valence-corrected chi connectivity index (χ3v) is 8.57. The number of ketones is 3. The van der Waals surface area contributed by atoms with Crippen molar-refractivity contribution in [2.75, 3.05) is 0 Å². The van der Waals surface area contributed by atoms with Crippen molar-refractivity contribution >= 4 is 29.2 Å². The number of H-pyrrole nitrogens is 1. The van der Waals surface area contributed by atoms with E-state index in [0.717, 1.165) is 40.7 Å². The van der Waals surface area contributed by atoms with Gasteiger partial charge < -0.3 is 4.98 Å². The van der Waals surface area contributed by atoms with Gasteiger partial charge in [0.15, 0.2) is 22.8 Å². The van der Waals surface area contributed by atoms with Gasteiger partial charge in [0.05, 0.1) is 0 Å². The number of nitrogens with one attached hydrogen (secondary N) is 2. The number of Topliss-reactive ketones (excluding diaryl/α,β-unsaturated/α-hetero) is 3. The first kappa shape index (κ1) is 44.8. The van der Waals surface area contributed by atoms with E-state index in [2.05, 4.69) is 31.1 Å². The fraction of sp³-hybridized carbons (Fsp3) is 0.535. The highest BCUT2D eigenvalue weighted by atomic mass is 16.2. The number of aromatic amines is 1. The average Bonchev–Trinajstić information content (AvgIpc) is 2.96. The Morgan fingerprint density at radius 2 is 1.24 bits per heavy atom. The van der Waals surface area contributed by atoms with Gasteiger partial charge >= 0.3 is 0 Å². The summed E-state index contributed by atoms with van der Waals surface area (Å²) >= 11 is 0. The monoisotopic (exact) mass is 702 g/mol. The molecule has 2 N–H and O–H groups in total. The van der Waals surface area contributed by atoms with Crippen molar-refractivity contribution in [2.24, 2.45) is 16.2 Å². The molecule has 4 aliphatic rings. The lowest BCUT2D eigenvalue weighted by Gasteiger charge is -2.28. The van der Waals surface area contributed by atoms with Gasteiger partial charge in [0, 0.05) is 72.0 Å². The number of allylic oxidation sites excluding steroid dienone is 8. The zero-order valence-electron chi connectivity index (χ0n) is 32.3. The van der Waals surface area contributed by atoms with Crippen molar-refractivity contribution in [3.8, 4) is 0 Å². The Labute approximate surface area is 306 Å². The van der Waals surface area contributed by atoms with Gasteiger partial charge in [0.1, 0.15) is 0 Å². The van der Waals surface area contributed by atoms with Crippen LogP contribution in [0.3, 0.4) is 0 Å². The first-order valence-electron chi connectivity index (χ1n) is 17.5. The summed E-state index contributed by atoms with van der Waals surface area (Å²) in [6.45, 7) is 24.2. The topological polar surface area (TPSA) is 130 Å². The predicted octanol–water partition coefficient (Wildman–Crippen LogP) is 8.78. The summed E-state index contributed by atoms with van der Waals surface area (Å²) in [5.74, 6) is 0.211. The molecule has 1 aliphatic heterocycles. The molecular weight excluding hydrogens is 640 g/mol. The second kappa shape index (κ2) is 17.8. The summed E-state index contributed by atoms with van der Waals surface area (Å²) in [5.41, 5.74) is 4.89. The molecule has 5 rings (SSSR count). The Kier molecular flexibility index (Phi) is 15.7. The number of hydrogen-bond acceptors (Lipinski definition) is 6. The number of carbonyl (C=O) groups is 5. The van der Waals surface area contributed by atoms with Crippen LogP contribution in [0.25, 0.3) is 0 Å². The van der Waals surface area contributed by atoms with E-state index in [1.807, 2.05) is 86.6 Å². The van der Waals surface area contributed by atoms with Gasteiger partial charge in [-0.1, -0.05) is 120 Å². The van der Waals surface area contributed by atoms with Crippen LogP contribution in [0, 0.1) is 16.2 Å². The number of rotatable bonds is 0. The summed E-state index contributed by atoms with van der Waals surface area (Å²) in [6.07, 6.45) is 16.6. The van der Waals surface area contributed by atoms with E-state index in [-0.39, 0.29) is 63.7 Å². The highest BCUT2D eigenvalue weighted by molar-refractivity contribution is 6.09. The number of aromatic nitrogens is 1. The van der Waals surface area contributed by atoms with Crippen LogP contribution in [0.1, 0.15) is 135 Å². The number of carbonyl (C=O) groups excluding carboxylic acids is 5. The van der Waals surface area contributed by atoms with E-state index in [9.17, 15) is 28.8 Å². The Bertz CT molecular complexity index is 1700. The molecule has 0 fully saturated rings. The van der Waals surface area contributed by atoms with Crippen molar-refractivity contribution in [3.05, 3.63) is 92.5 Å². The van der Waals surface area contributed by atoms with Gasteiger partial charge in [-0.3, -0.25) is 34.1 Å². The summed E-state index contributed by atoms with van der Waals surface area (Å²) in [4.78, 5) is 71.3. The van der Waals surface area contributed by atoms with Gasteiger partial charge in [0.25, 0.3) is 5.91 Å². The Balaban J connectivity index is 0.000000343. The van der Waals surface area contributed by atoms with Gasteiger partial charge in [-0.15, -0.1) is 0 Å². The van der Waals surface area contributed by atoms with Crippen molar-refractivity contribution in [1.29, 1.82) is 0 Å². The summed E-state index contributed by atoms with van der Waals surface area (Å²) in [6, 6.07) is 1.56. The molecule has 0 atom stereocenters. The highest BCUT2D eigenvalue weighted by Gasteiger charge is 2.32. The van der Waals surface area contributed by atoms with E-state index >= 15 is 0 Å². The molecule has 8 heteroatoms. The first-order chi connectivity index (χ1) is 22.8. The lowest BCUT2D eigenvalue weighted by Crippen LogP contribution is -2.38. The van der Waals surface area contributed by atoms with Gasteiger partial charge in [0.2, 0.25) is 5.91 Å². The van der Waals surface area contributed by atoms with Crippen molar-refractivity contribution in [2.45, 2.75) is 134 Å². The van der Waals surface area contributed by atoms with Crippen LogP contribution in [0.15, 0.2) is 81.5 Å². The molecule has 1 aromatic heterocycles. The molecule has 2 heterocycles. The van der Waals surface area contributed by atoms with E-state index in [1.54, 1.807) is 24.5 Å². The van der Waals surface area contributed by atoms with E-state index in [0.29, 0.717) is 31.3 Å². The fourth-order valence-corrected chi connectivity index (χ4v) is 5.84. The second-order valence-corrected chi connectivity index (χ2v) is 17.2. The number of hydrogen-bond donors (Lipinski definition) is 2. The zero-order chi connectivity index (χ0) is 38.2. The molecule has 0 saturated heterocycles. The molecule has 0 aromatic carbocycles. The third-order valence-electron chi connectivity index (χ3n) is 8.57. The van der Waals surface area contributed by atoms with E-state index < -0.39 is 0 Å². The molecule has 0 saturated carbocycles. The SMILES string of the molecule is C.CC(C)(C)C1=CC2=C(CCCC2=O)CC1=O.CC(C)(C)C1=CC=CCC1=O.CC(C)(C)C1=CCC(=O)NC1=O.CC(C)(C)c1c[nH]ccc1=O. The fourth-order valence-electron chi connectivity index (χ4n) is 5.84. The second-order valence-electron chi connectivity index (χ2n) is 17.2. The first-order valence-corrected chi connectivity index (χ1v) is 17.5. The lowest BCUT2D eigenvalue weighted by molar-refractivity contribution is -0.129. The molecule has 280 valence electrons. The number of pyridine rings is 1. The molecular formula is C43H62N2O6. The van der Waals surface area contributed by atoms with Crippen molar-refractivity contribution in [3.63, 3.8) is 0 Å². The van der Waals surface area contributed by atoms with Crippen LogP contribution in [-0.2, 0) is 29.4 Å². The maximum atomic E-state index is 12.0. The molecule has 0 spiro atoms.